The molecule has 0 amide bonds. The van der Waals surface area contributed by atoms with Crippen molar-refractivity contribution in [2.75, 3.05) is 6.54 Å². The molecule has 1 heterocycles. The summed E-state index contributed by atoms with van der Waals surface area (Å²) in [5, 5.41) is 8.82. The van der Waals surface area contributed by atoms with Gasteiger partial charge >= 0.3 is 0 Å². The largest absolute Gasteiger partial charge is 0.308 e. The summed E-state index contributed by atoms with van der Waals surface area (Å²) in [7, 11) is 2.00. The molecule has 3 nitrogen and oxygen atoms in total. The van der Waals surface area contributed by atoms with Crippen LogP contribution in [0.5, 0.6) is 0 Å². The van der Waals surface area contributed by atoms with E-state index in [1.807, 2.05) is 11.7 Å². The Labute approximate surface area is 121 Å². The lowest BCUT2D eigenvalue weighted by Crippen LogP contribution is -2.31. The Balaban J connectivity index is 2.19. The number of hydrogen-bond acceptors (Lipinski definition) is 2. The van der Waals surface area contributed by atoms with Crippen LogP contribution in [0.3, 0.4) is 0 Å². The number of nitrogens with zero attached hydrogens (tertiary/aromatic N) is 2. The van der Waals surface area contributed by atoms with E-state index in [1.54, 1.807) is 6.20 Å². The van der Waals surface area contributed by atoms with Crippen LogP contribution in [0.4, 0.5) is 0 Å². The summed E-state index contributed by atoms with van der Waals surface area (Å²) in [5.41, 5.74) is 1.17. The Morgan fingerprint density at radius 1 is 1.37 bits per heavy atom. The van der Waals surface area contributed by atoms with E-state index in [-0.39, 0.29) is 0 Å². The summed E-state index contributed by atoms with van der Waals surface area (Å²) >= 11 is 6.36. The summed E-state index contributed by atoms with van der Waals surface area (Å²) < 4.78 is 1.94. The van der Waals surface area contributed by atoms with Crippen molar-refractivity contribution >= 4 is 11.6 Å². The average molecular weight is 284 g/mol. The van der Waals surface area contributed by atoms with Crippen LogP contribution >= 0.6 is 11.6 Å². The summed E-state index contributed by atoms with van der Waals surface area (Å²) in [6, 6.07) is 0.359. The van der Waals surface area contributed by atoms with E-state index in [9.17, 15) is 0 Å². The van der Waals surface area contributed by atoms with Gasteiger partial charge in [-0.2, -0.15) is 5.10 Å². The molecule has 1 fully saturated rings. The van der Waals surface area contributed by atoms with Crippen molar-refractivity contribution in [2.45, 2.75) is 57.9 Å². The molecule has 1 atom stereocenters. The normalized spacial score (nSPS) is 19.3. The van der Waals surface area contributed by atoms with Gasteiger partial charge in [-0.25, -0.2) is 0 Å². The summed E-state index contributed by atoms with van der Waals surface area (Å²) in [6.45, 7) is 3.25. The lowest BCUT2D eigenvalue weighted by atomic mass is 9.89. The van der Waals surface area contributed by atoms with Crippen LogP contribution in [0.15, 0.2) is 6.20 Å². The first-order valence-corrected chi connectivity index (χ1v) is 8.02. The highest BCUT2D eigenvalue weighted by atomic mass is 35.5. The molecular formula is C15H26ClN3. The van der Waals surface area contributed by atoms with Gasteiger partial charge in [0.15, 0.2) is 0 Å². The van der Waals surface area contributed by atoms with E-state index < -0.39 is 0 Å². The zero-order valence-corrected chi connectivity index (χ0v) is 12.9. The Morgan fingerprint density at radius 2 is 2.05 bits per heavy atom. The molecule has 0 bridgehead atoms. The van der Waals surface area contributed by atoms with Crippen LogP contribution in [0, 0.1) is 5.92 Å². The molecule has 0 saturated heterocycles. The topological polar surface area (TPSA) is 29.9 Å². The number of aryl methyl sites for hydroxylation is 1. The van der Waals surface area contributed by atoms with Crippen molar-refractivity contribution in [3.63, 3.8) is 0 Å². The fraction of sp³-hybridized carbons (Fsp3) is 0.800. The van der Waals surface area contributed by atoms with E-state index >= 15 is 0 Å². The molecule has 2 rings (SSSR count). The van der Waals surface area contributed by atoms with Gasteiger partial charge in [0.05, 0.1) is 23.0 Å². The first-order valence-electron chi connectivity index (χ1n) is 7.64. The molecule has 0 aromatic carbocycles. The zero-order valence-electron chi connectivity index (χ0n) is 12.2. The van der Waals surface area contributed by atoms with E-state index in [1.165, 1.54) is 44.2 Å². The van der Waals surface area contributed by atoms with Crippen molar-refractivity contribution in [2.24, 2.45) is 13.0 Å². The minimum atomic E-state index is 0.359. The SMILES string of the molecule is CCCNC(c1c(Cl)cnn1C)C1CCCCCC1. The second kappa shape index (κ2) is 7.30. The van der Waals surface area contributed by atoms with Gasteiger partial charge in [-0.15, -0.1) is 0 Å². The molecule has 1 aliphatic rings. The summed E-state index contributed by atoms with van der Waals surface area (Å²) in [6.07, 6.45) is 11.0. The number of hydrogen-bond donors (Lipinski definition) is 1. The smallest absolute Gasteiger partial charge is 0.0834 e. The molecule has 1 aliphatic carbocycles. The first-order chi connectivity index (χ1) is 9.24. The predicted molar refractivity (Wildman–Crippen MR) is 80.4 cm³/mol. The monoisotopic (exact) mass is 283 g/mol. The maximum absolute atomic E-state index is 6.36. The lowest BCUT2D eigenvalue weighted by Gasteiger charge is -2.28. The highest BCUT2D eigenvalue weighted by Crippen LogP contribution is 2.36. The predicted octanol–water partition coefficient (Wildman–Crippen LogP) is 4.08. The maximum atomic E-state index is 6.36. The van der Waals surface area contributed by atoms with Crippen LogP contribution in [-0.2, 0) is 7.05 Å². The van der Waals surface area contributed by atoms with Gasteiger partial charge in [-0.05, 0) is 31.7 Å². The fourth-order valence-electron chi connectivity index (χ4n) is 3.20. The molecule has 0 aliphatic heterocycles. The molecule has 1 N–H and O–H groups in total. The molecule has 1 aromatic heterocycles. The first kappa shape index (κ1) is 14.9. The van der Waals surface area contributed by atoms with Gasteiger partial charge in [-0.3, -0.25) is 4.68 Å². The molecule has 19 heavy (non-hydrogen) atoms. The molecule has 1 unspecified atom stereocenters. The van der Waals surface area contributed by atoms with E-state index in [0.717, 1.165) is 18.0 Å². The lowest BCUT2D eigenvalue weighted by molar-refractivity contribution is 0.312. The third-order valence-corrected chi connectivity index (χ3v) is 4.51. The number of rotatable bonds is 5. The summed E-state index contributed by atoms with van der Waals surface area (Å²) in [4.78, 5) is 0. The van der Waals surface area contributed by atoms with E-state index in [2.05, 4.69) is 17.3 Å². The highest BCUT2D eigenvalue weighted by Gasteiger charge is 2.27. The molecule has 4 heteroatoms. The van der Waals surface area contributed by atoms with E-state index in [0.29, 0.717) is 12.0 Å². The van der Waals surface area contributed by atoms with Gasteiger partial charge in [0.2, 0.25) is 0 Å². The third-order valence-electron chi connectivity index (χ3n) is 4.22. The second-order valence-electron chi connectivity index (χ2n) is 5.68. The van der Waals surface area contributed by atoms with Crippen LogP contribution in [0.25, 0.3) is 0 Å². The molecule has 0 radical (unpaired) electrons. The standard InChI is InChI=1S/C15H26ClN3/c1-3-10-17-14(12-8-6-4-5-7-9-12)15-13(16)11-18-19(15)2/h11-12,14,17H,3-10H2,1-2H3. The van der Waals surface area contributed by atoms with Crippen molar-refractivity contribution in [3.8, 4) is 0 Å². The molecule has 1 aromatic rings. The van der Waals surface area contributed by atoms with Gasteiger partial charge < -0.3 is 5.32 Å². The van der Waals surface area contributed by atoms with Gasteiger partial charge in [-0.1, -0.05) is 44.2 Å². The van der Waals surface area contributed by atoms with Crippen molar-refractivity contribution in [3.05, 3.63) is 16.9 Å². The third kappa shape index (κ3) is 3.73. The molecule has 108 valence electrons. The Hall–Kier alpha value is -0.540. The Bertz CT molecular complexity index is 361. The zero-order chi connectivity index (χ0) is 13.7. The van der Waals surface area contributed by atoms with Crippen molar-refractivity contribution in [1.82, 2.24) is 15.1 Å². The highest BCUT2D eigenvalue weighted by molar-refractivity contribution is 6.31. The molecular weight excluding hydrogens is 258 g/mol. The molecule has 0 spiro atoms. The summed E-state index contributed by atoms with van der Waals surface area (Å²) in [5.74, 6) is 0.696. The quantitative estimate of drug-likeness (QED) is 0.825. The van der Waals surface area contributed by atoms with Crippen molar-refractivity contribution < 1.29 is 0 Å². The fourth-order valence-corrected chi connectivity index (χ4v) is 3.48. The number of halogens is 1. The van der Waals surface area contributed by atoms with Gasteiger partial charge in [0, 0.05) is 7.05 Å². The van der Waals surface area contributed by atoms with Crippen LogP contribution in [0.1, 0.15) is 63.6 Å². The van der Waals surface area contributed by atoms with Crippen LogP contribution in [-0.4, -0.2) is 16.3 Å². The average Bonchev–Trinajstić information content (AvgIpc) is 2.62. The van der Waals surface area contributed by atoms with Crippen LogP contribution in [0.2, 0.25) is 5.02 Å². The number of aromatic nitrogens is 2. The molecule has 1 saturated carbocycles. The number of nitrogens with one attached hydrogen (secondary N) is 1. The maximum Gasteiger partial charge on any atom is 0.0834 e. The van der Waals surface area contributed by atoms with Crippen molar-refractivity contribution in [1.29, 1.82) is 0 Å². The second-order valence-corrected chi connectivity index (χ2v) is 6.09. The van der Waals surface area contributed by atoms with Gasteiger partial charge in [0.1, 0.15) is 0 Å². The van der Waals surface area contributed by atoms with Crippen LogP contribution < -0.4 is 5.32 Å². The Kier molecular flexibility index (Phi) is 5.71. The minimum absolute atomic E-state index is 0.359. The minimum Gasteiger partial charge on any atom is -0.308 e. The van der Waals surface area contributed by atoms with Gasteiger partial charge in [0.25, 0.3) is 0 Å². The Morgan fingerprint density at radius 3 is 2.58 bits per heavy atom. The van der Waals surface area contributed by atoms with E-state index in [4.69, 9.17) is 11.6 Å².